The molecule has 2 aromatic rings. The van der Waals surface area contributed by atoms with Crippen LogP contribution in [0.15, 0.2) is 66.0 Å². The summed E-state index contributed by atoms with van der Waals surface area (Å²) < 4.78 is 0. The molecule has 128 valence electrons. The highest BCUT2D eigenvalue weighted by atomic mass is 15.5. The summed E-state index contributed by atoms with van der Waals surface area (Å²) in [5, 5.41) is 4.01. The van der Waals surface area contributed by atoms with Crippen molar-refractivity contribution in [1.29, 1.82) is 0 Å². The van der Waals surface area contributed by atoms with E-state index in [0.717, 1.165) is 37.7 Å². The summed E-state index contributed by atoms with van der Waals surface area (Å²) in [6.07, 6.45) is 1.75. The fourth-order valence-electron chi connectivity index (χ4n) is 3.31. The molecule has 1 fully saturated rings. The molecule has 4 rings (SSSR count). The standard InChI is InChI=1S/C20H23N5/c1-16-3-5-18(6-4-16)23-11-13-24(14-12-23)19-7-9-20(10-8-19)25-15-21-22-17(25)2/h3-10,15,22H,2,11-14H2,1H3. The van der Waals surface area contributed by atoms with E-state index in [1.165, 1.54) is 16.9 Å². The smallest absolute Gasteiger partial charge is 0.124 e. The van der Waals surface area contributed by atoms with E-state index in [2.05, 4.69) is 82.4 Å². The molecule has 2 aliphatic heterocycles. The third-order valence-corrected chi connectivity index (χ3v) is 4.83. The lowest BCUT2D eigenvalue weighted by Crippen LogP contribution is -2.46. The Hall–Kier alpha value is -2.95. The van der Waals surface area contributed by atoms with Crippen molar-refractivity contribution in [3.8, 4) is 0 Å². The normalized spacial score (nSPS) is 17.2. The van der Waals surface area contributed by atoms with Gasteiger partial charge in [-0.25, -0.2) is 0 Å². The molecule has 0 aliphatic carbocycles. The second-order valence-corrected chi connectivity index (χ2v) is 6.50. The van der Waals surface area contributed by atoms with E-state index in [1.807, 2.05) is 4.90 Å². The van der Waals surface area contributed by atoms with Crippen LogP contribution in [0.25, 0.3) is 0 Å². The predicted octanol–water partition coefficient (Wildman–Crippen LogP) is 3.15. The number of hydrazone groups is 1. The molecule has 5 heteroatoms. The van der Waals surface area contributed by atoms with Gasteiger partial charge in [0.25, 0.3) is 0 Å². The maximum atomic E-state index is 4.01. The Morgan fingerprint density at radius 3 is 1.76 bits per heavy atom. The van der Waals surface area contributed by atoms with Crippen LogP contribution < -0.4 is 20.1 Å². The lowest BCUT2D eigenvalue weighted by Gasteiger charge is -2.37. The van der Waals surface area contributed by atoms with Crippen LogP contribution in [-0.4, -0.2) is 32.5 Å². The lowest BCUT2D eigenvalue weighted by molar-refractivity contribution is 0.653. The molecule has 0 aromatic heterocycles. The van der Waals surface area contributed by atoms with E-state index in [1.54, 1.807) is 6.34 Å². The van der Waals surface area contributed by atoms with Gasteiger partial charge in [-0.15, -0.1) is 0 Å². The summed E-state index contributed by atoms with van der Waals surface area (Å²) in [6, 6.07) is 17.4. The number of anilines is 3. The van der Waals surface area contributed by atoms with Gasteiger partial charge in [-0.1, -0.05) is 24.3 Å². The maximum absolute atomic E-state index is 4.01. The number of nitrogens with zero attached hydrogens (tertiary/aromatic N) is 4. The molecular weight excluding hydrogens is 310 g/mol. The minimum atomic E-state index is 0.777. The van der Waals surface area contributed by atoms with E-state index >= 15 is 0 Å². The Morgan fingerprint density at radius 1 is 0.800 bits per heavy atom. The molecule has 2 aliphatic rings. The zero-order valence-electron chi connectivity index (χ0n) is 14.5. The minimum Gasteiger partial charge on any atom is -0.368 e. The summed E-state index contributed by atoms with van der Waals surface area (Å²) in [6.45, 7) is 10.2. The first-order valence-electron chi connectivity index (χ1n) is 8.65. The minimum absolute atomic E-state index is 0.777. The maximum Gasteiger partial charge on any atom is 0.124 e. The van der Waals surface area contributed by atoms with Crippen molar-refractivity contribution in [2.45, 2.75) is 6.92 Å². The number of rotatable bonds is 3. The predicted molar refractivity (Wildman–Crippen MR) is 105 cm³/mol. The average Bonchev–Trinajstić information content (AvgIpc) is 3.09. The van der Waals surface area contributed by atoms with E-state index in [9.17, 15) is 0 Å². The van der Waals surface area contributed by atoms with Gasteiger partial charge >= 0.3 is 0 Å². The van der Waals surface area contributed by atoms with Crippen LogP contribution in [0.1, 0.15) is 5.56 Å². The Labute approximate surface area is 148 Å². The molecule has 0 radical (unpaired) electrons. The first kappa shape index (κ1) is 15.6. The van der Waals surface area contributed by atoms with Crippen molar-refractivity contribution in [2.75, 3.05) is 40.9 Å². The van der Waals surface area contributed by atoms with Crippen molar-refractivity contribution in [2.24, 2.45) is 5.10 Å². The van der Waals surface area contributed by atoms with Crippen LogP contribution in [0.4, 0.5) is 17.1 Å². The number of piperazine rings is 1. The van der Waals surface area contributed by atoms with Gasteiger partial charge in [-0.3, -0.25) is 10.3 Å². The number of hydrogen-bond donors (Lipinski definition) is 1. The third kappa shape index (κ3) is 3.18. The fourth-order valence-corrected chi connectivity index (χ4v) is 3.31. The van der Waals surface area contributed by atoms with Crippen molar-refractivity contribution < 1.29 is 0 Å². The van der Waals surface area contributed by atoms with Gasteiger partial charge in [0.15, 0.2) is 0 Å². The summed E-state index contributed by atoms with van der Waals surface area (Å²) in [7, 11) is 0. The summed E-state index contributed by atoms with van der Waals surface area (Å²) in [4.78, 5) is 6.85. The van der Waals surface area contributed by atoms with Crippen LogP contribution in [0.2, 0.25) is 0 Å². The van der Waals surface area contributed by atoms with Crippen LogP contribution in [0.3, 0.4) is 0 Å². The van der Waals surface area contributed by atoms with E-state index in [0.29, 0.717) is 0 Å². The quantitative estimate of drug-likeness (QED) is 0.936. The molecule has 2 aromatic carbocycles. The third-order valence-electron chi connectivity index (χ3n) is 4.83. The van der Waals surface area contributed by atoms with E-state index in [4.69, 9.17) is 0 Å². The van der Waals surface area contributed by atoms with Crippen molar-refractivity contribution >= 4 is 23.4 Å². The van der Waals surface area contributed by atoms with Crippen molar-refractivity contribution in [1.82, 2.24) is 5.43 Å². The van der Waals surface area contributed by atoms with Crippen LogP contribution in [0, 0.1) is 6.92 Å². The second-order valence-electron chi connectivity index (χ2n) is 6.50. The second kappa shape index (κ2) is 6.51. The molecule has 0 bridgehead atoms. The summed E-state index contributed by atoms with van der Waals surface area (Å²) in [5.74, 6) is 0.777. The topological polar surface area (TPSA) is 34.1 Å². The van der Waals surface area contributed by atoms with Gasteiger partial charge in [0.1, 0.15) is 12.2 Å². The van der Waals surface area contributed by atoms with Gasteiger partial charge in [0.2, 0.25) is 0 Å². The Balaban J connectivity index is 1.40. The van der Waals surface area contributed by atoms with Gasteiger partial charge in [-0.2, -0.15) is 5.10 Å². The van der Waals surface area contributed by atoms with Gasteiger partial charge in [0.05, 0.1) is 0 Å². The van der Waals surface area contributed by atoms with E-state index in [-0.39, 0.29) is 0 Å². The Bertz CT molecular complexity index is 771. The number of nitrogens with one attached hydrogen (secondary N) is 1. The number of hydrogen-bond acceptors (Lipinski definition) is 5. The van der Waals surface area contributed by atoms with Crippen LogP contribution in [0.5, 0.6) is 0 Å². The molecule has 0 unspecified atom stereocenters. The largest absolute Gasteiger partial charge is 0.368 e. The van der Waals surface area contributed by atoms with Gasteiger partial charge < -0.3 is 9.80 Å². The van der Waals surface area contributed by atoms with Crippen LogP contribution >= 0.6 is 0 Å². The van der Waals surface area contributed by atoms with Crippen LogP contribution in [-0.2, 0) is 0 Å². The fraction of sp³-hybridized carbons (Fsp3) is 0.250. The summed E-state index contributed by atoms with van der Waals surface area (Å²) >= 11 is 0. The van der Waals surface area contributed by atoms with Crippen molar-refractivity contribution in [3.63, 3.8) is 0 Å². The molecular formula is C20H23N5. The first-order chi connectivity index (χ1) is 12.2. The molecule has 0 atom stereocenters. The molecule has 0 spiro atoms. The highest BCUT2D eigenvalue weighted by Crippen LogP contribution is 2.25. The molecule has 5 nitrogen and oxygen atoms in total. The molecule has 1 N–H and O–H groups in total. The van der Waals surface area contributed by atoms with Gasteiger partial charge in [0, 0.05) is 43.2 Å². The average molecular weight is 333 g/mol. The van der Waals surface area contributed by atoms with Gasteiger partial charge in [-0.05, 0) is 43.3 Å². The molecule has 0 amide bonds. The first-order valence-corrected chi connectivity index (χ1v) is 8.65. The monoisotopic (exact) mass is 333 g/mol. The number of aryl methyl sites for hydroxylation is 1. The van der Waals surface area contributed by atoms with E-state index < -0.39 is 0 Å². The van der Waals surface area contributed by atoms with Crippen molar-refractivity contribution in [3.05, 3.63) is 66.5 Å². The highest BCUT2D eigenvalue weighted by Gasteiger charge is 2.18. The molecule has 1 saturated heterocycles. The SMILES string of the molecule is C=C1NN=CN1c1ccc(N2CCN(c3ccc(C)cc3)CC2)cc1. The zero-order valence-corrected chi connectivity index (χ0v) is 14.5. The zero-order chi connectivity index (χ0) is 17.2. The molecule has 25 heavy (non-hydrogen) atoms. The highest BCUT2D eigenvalue weighted by molar-refractivity contribution is 5.85. The lowest BCUT2D eigenvalue weighted by atomic mass is 10.2. The number of benzene rings is 2. The molecule has 2 heterocycles. The molecule has 0 saturated carbocycles. The summed E-state index contributed by atoms with van der Waals surface area (Å²) in [5.41, 5.74) is 7.82. The Morgan fingerprint density at radius 2 is 1.28 bits per heavy atom. The Kier molecular flexibility index (Phi) is 4.06.